The molecule has 2 N–H and O–H groups in total. The lowest BCUT2D eigenvalue weighted by atomic mass is 10.5. The van der Waals surface area contributed by atoms with Gasteiger partial charge in [-0.05, 0) is 11.6 Å². The zero-order chi connectivity index (χ0) is 7.78. The molecule has 58 valence electrons. The summed E-state index contributed by atoms with van der Waals surface area (Å²) in [5, 5.41) is -1.06. The highest BCUT2D eigenvalue weighted by atomic mass is 35.5. The molecular formula is C3H4ClF2N3S. The minimum absolute atomic E-state index is 0.679. The third-order valence-corrected chi connectivity index (χ3v) is 2.18. The summed E-state index contributed by atoms with van der Waals surface area (Å²) >= 11 is 5.36. The molecule has 0 bridgehead atoms. The molecule has 0 radical (unpaired) electrons. The van der Waals surface area contributed by atoms with Crippen LogP contribution in [-0.4, -0.2) is 21.4 Å². The van der Waals surface area contributed by atoms with E-state index in [9.17, 15) is 8.78 Å². The number of hydrogen-bond donors (Lipinski definition) is 1. The summed E-state index contributed by atoms with van der Waals surface area (Å²) in [5.74, 6) is 5.03. The number of alkyl halides is 3. The number of nitrogens with two attached hydrogens (primary N) is 1. The van der Waals surface area contributed by atoms with E-state index in [2.05, 4.69) is 16.7 Å². The second kappa shape index (κ2) is 2.52. The van der Waals surface area contributed by atoms with Crippen LogP contribution in [0.2, 0.25) is 0 Å². The molecule has 0 aromatic carbocycles. The maximum atomic E-state index is 12.2. The second-order valence-electron chi connectivity index (χ2n) is 1.63. The number of nitrogens with zero attached hydrogens (tertiary/aromatic N) is 2. The van der Waals surface area contributed by atoms with E-state index in [1.54, 1.807) is 0 Å². The van der Waals surface area contributed by atoms with E-state index in [4.69, 9.17) is 5.84 Å². The van der Waals surface area contributed by atoms with Gasteiger partial charge in [0.1, 0.15) is 5.25 Å². The molecule has 1 heterocycles. The van der Waals surface area contributed by atoms with Crippen molar-refractivity contribution in [3.63, 3.8) is 0 Å². The summed E-state index contributed by atoms with van der Waals surface area (Å²) in [4.78, 5) is 0. The largest absolute Gasteiger partial charge is 0.340 e. The van der Waals surface area contributed by atoms with E-state index in [0.717, 1.165) is 10.7 Å². The molecule has 1 aliphatic heterocycles. The molecule has 0 fully saturated rings. The SMILES string of the molecule is NN1N=CC(C(F)(F)Cl)S1. The lowest BCUT2D eigenvalue weighted by Gasteiger charge is -2.12. The lowest BCUT2D eigenvalue weighted by molar-refractivity contribution is 0.112. The van der Waals surface area contributed by atoms with Gasteiger partial charge in [0, 0.05) is 18.2 Å². The van der Waals surface area contributed by atoms with Crippen LogP contribution < -0.4 is 5.84 Å². The van der Waals surface area contributed by atoms with Gasteiger partial charge in [-0.15, -0.1) is 0 Å². The van der Waals surface area contributed by atoms with Crippen LogP contribution in [0.25, 0.3) is 0 Å². The topological polar surface area (TPSA) is 41.6 Å². The first kappa shape index (κ1) is 8.03. The highest BCUT2D eigenvalue weighted by Gasteiger charge is 2.40. The third kappa shape index (κ3) is 1.71. The van der Waals surface area contributed by atoms with Crippen LogP contribution in [0, 0.1) is 0 Å². The smallest absolute Gasteiger partial charge is 0.220 e. The number of hydrogen-bond acceptors (Lipinski definition) is 4. The molecule has 1 aliphatic rings. The summed E-state index contributed by atoms with van der Waals surface area (Å²) < 4.78 is 25.2. The van der Waals surface area contributed by atoms with E-state index in [1.165, 1.54) is 0 Å². The first-order valence-electron chi connectivity index (χ1n) is 2.32. The van der Waals surface area contributed by atoms with Crippen LogP contribution >= 0.6 is 23.5 Å². The van der Waals surface area contributed by atoms with Gasteiger partial charge >= 0.3 is 5.38 Å². The molecule has 10 heavy (non-hydrogen) atoms. The number of hydrazine groups is 1. The second-order valence-corrected chi connectivity index (χ2v) is 3.23. The van der Waals surface area contributed by atoms with Crippen molar-refractivity contribution in [2.75, 3.05) is 0 Å². The Labute approximate surface area is 65.3 Å². The third-order valence-electron chi connectivity index (χ3n) is 0.860. The number of halogens is 3. The molecule has 0 spiro atoms. The van der Waals surface area contributed by atoms with Gasteiger partial charge in [-0.25, -0.2) is 5.84 Å². The summed E-state index contributed by atoms with van der Waals surface area (Å²) in [7, 11) is 0. The average molecular weight is 188 g/mol. The number of rotatable bonds is 1. The van der Waals surface area contributed by atoms with Gasteiger partial charge in [-0.1, -0.05) is 0 Å². The van der Waals surface area contributed by atoms with Crippen LogP contribution in [0.15, 0.2) is 5.10 Å². The Morgan fingerprint density at radius 3 is 2.60 bits per heavy atom. The van der Waals surface area contributed by atoms with Gasteiger partial charge in [0.15, 0.2) is 0 Å². The van der Waals surface area contributed by atoms with Gasteiger partial charge < -0.3 is 0 Å². The lowest BCUT2D eigenvalue weighted by Crippen LogP contribution is -2.25. The molecule has 1 rings (SSSR count). The Bertz CT molecular complexity index is 158. The van der Waals surface area contributed by atoms with Crippen molar-refractivity contribution >= 4 is 29.8 Å². The zero-order valence-electron chi connectivity index (χ0n) is 4.67. The maximum Gasteiger partial charge on any atom is 0.340 e. The van der Waals surface area contributed by atoms with E-state index >= 15 is 0 Å². The Morgan fingerprint density at radius 1 is 1.80 bits per heavy atom. The van der Waals surface area contributed by atoms with Crippen molar-refractivity contribution in [2.24, 2.45) is 10.9 Å². The Morgan fingerprint density at radius 2 is 2.40 bits per heavy atom. The fourth-order valence-corrected chi connectivity index (χ4v) is 1.19. The highest BCUT2D eigenvalue weighted by Crippen LogP contribution is 2.35. The molecule has 0 saturated heterocycles. The van der Waals surface area contributed by atoms with Gasteiger partial charge in [0.25, 0.3) is 0 Å². The quantitative estimate of drug-likeness (QED) is 0.379. The summed E-state index contributed by atoms with van der Waals surface area (Å²) in [6.07, 6.45) is 1.01. The first-order chi connectivity index (χ1) is 4.50. The molecule has 1 atom stereocenters. The van der Waals surface area contributed by atoms with Crippen molar-refractivity contribution in [1.82, 2.24) is 4.52 Å². The van der Waals surface area contributed by atoms with Crippen molar-refractivity contribution in [3.8, 4) is 0 Å². The molecule has 0 aromatic heterocycles. The fourth-order valence-electron chi connectivity index (χ4n) is 0.441. The number of hydrazone groups is 1. The van der Waals surface area contributed by atoms with Crippen LogP contribution in [0.5, 0.6) is 0 Å². The molecule has 0 amide bonds. The average Bonchev–Trinajstić information content (AvgIpc) is 2.11. The van der Waals surface area contributed by atoms with Gasteiger partial charge in [0.2, 0.25) is 0 Å². The van der Waals surface area contributed by atoms with Crippen molar-refractivity contribution < 1.29 is 8.78 Å². The van der Waals surface area contributed by atoms with E-state index in [-0.39, 0.29) is 0 Å². The monoisotopic (exact) mass is 187 g/mol. The fraction of sp³-hybridized carbons (Fsp3) is 0.667. The van der Waals surface area contributed by atoms with E-state index in [1.807, 2.05) is 0 Å². The summed E-state index contributed by atoms with van der Waals surface area (Å²) in [5.41, 5.74) is 0. The normalized spacial score (nSPS) is 26.0. The van der Waals surface area contributed by atoms with Gasteiger partial charge in [-0.3, -0.25) is 0 Å². The summed E-state index contributed by atoms with van der Waals surface area (Å²) in [6, 6.07) is 0. The standard InChI is InChI=1S/C3H4ClF2N3S/c4-3(5,6)2-1-8-9(7)10-2/h1-2H,7H2. The van der Waals surface area contributed by atoms with Gasteiger partial charge in [-0.2, -0.15) is 18.4 Å². The van der Waals surface area contributed by atoms with Crippen LogP contribution in [0.3, 0.4) is 0 Å². The first-order valence-corrected chi connectivity index (χ1v) is 3.54. The molecule has 0 aromatic rings. The van der Waals surface area contributed by atoms with E-state index in [0.29, 0.717) is 11.9 Å². The van der Waals surface area contributed by atoms with Crippen LogP contribution in [0.1, 0.15) is 0 Å². The molecule has 1 unspecified atom stereocenters. The van der Waals surface area contributed by atoms with Crippen molar-refractivity contribution in [2.45, 2.75) is 10.6 Å². The minimum Gasteiger partial charge on any atom is -0.220 e. The molecule has 7 heteroatoms. The Balaban J connectivity index is 2.55. The molecule has 0 saturated carbocycles. The molecule has 0 aliphatic carbocycles. The zero-order valence-corrected chi connectivity index (χ0v) is 6.24. The Hall–Kier alpha value is -0.0700. The predicted molar refractivity (Wildman–Crippen MR) is 36.7 cm³/mol. The van der Waals surface area contributed by atoms with Crippen LogP contribution in [0.4, 0.5) is 8.78 Å². The molecular weight excluding hydrogens is 184 g/mol. The van der Waals surface area contributed by atoms with Crippen LogP contribution in [-0.2, 0) is 0 Å². The van der Waals surface area contributed by atoms with E-state index < -0.39 is 10.6 Å². The summed E-state index contributed by atoms with van der Waals surface area (Å²) in [6.45, 7) is 0. The van der Waals surface area contributed by atoms with Gasteiger partial charge in [0.05, 0.1) is 0 Å². The Kier molecular flexibility index (Phi) is 2.02. The minimum atomic E-state index is -3.28. The van der Waals surface area contributed by atoms with Crippen molar-refractivity contribution in [3.05, 3.63) is 0 Å². The van der Waals surface area contributed by atoms with Crippen molar-refractivity contribution in [1.29, 1.82) is 0 Å². The maximum absolute atomic E-state index is 12.2. The molecule has 3 nitrogen and oxygen atoms in total. The highest BCUT2D eigenvalue weighted by molar-refractivity contribution is 7.98. The predicted octanol–water partition coefficient (Wildman–Crippen LogP) is 1.01.